The van der Waals surface area contributed by atoms with Crippen molar-refractivity contribution in [3.05, 3.63) is 35.6 Å². The van der Waals surface area contributed by atoms with E-state index < -0.39 is 18.3 Å². The van der Waals surface area contributed by atoms with Gasteiger partial charge in [0.15, 0.2) is 0 Å². The van der Waals surface area contributed by atoms with E-state index in [4.69, 9.17) is 15.0 Å². The van der Waals surface area contributed by atoms with Gasteiger partial charge in [0.2, 0.25) is 0 Å². The van der Waals surface area contributed by atoms with E-state index in [1.165, 1.54) is 6.33 Å². The Bertz CT molecular complexity index is 789. The first-order valence-electron chi connectivity index (χ1n) is 7.91. The maximum Gasteiger partial charge on any atom is 0.492 e. The fourth-order valence-corrected chi connectivity index (χ4v) is 2.58. The van der Waals surface area contributed by atoms with Gasteiger partial charge in [0.05, 0.1) is 23.3 Å². The third kappa shape index (κ3) is 2.90. The predicted molar refractivity (Wildman–Crippen MR) is 95.1 cm³/mol. The molecular formula is C17H22BN3O3. The Labute approximate surface area is 141 Å². The minimum atomic E-state index is -0.583. The Morgan fingerprint density at radius 2 is 1.88 bits per heavy atom. The van der Waals surface area contributed by atoms with Crippen LogP contribution in [0.4, 0.5) is 5.82 Å². The zero-order chi connectivity index (χ0) is 17.5. The van der Waals surface area contributed by atoms with Crippen LogP contribution in [-0.4, -0.2) is 40.0 Å². The second kappa shape index (κ2) is 5.84. The standard InChI is InChI=1S/C17H22BN3O3/c1-16(2)17(3,4)24-18(23-16)12(9-22)7-11-5-6-14-13(8-11)15(19)21-10-20-14/h5-8,10,22H,9H2,1-4H3,(H2,19,20,21). The van der Waals surface area contributed by atoms with Crippen LogP contribution in [0.3, 0.4) is 0 Å². The van der Waals surface area contributed by atoms with Crippen molar-refractivity contribution in [2.45, 2.75) is 38.9 Å². The summed E-state index contributed by atoms with van der Waals surface area (Å²) in [4.78, 5) is 8.20. The molecule has 7 heteroatoms. The molecule has 1 aliphatic heterocycles. The average molecular weight is 327 g/mol. The first-order valence-corrected chi connectivity index (χ1v) is 7.91. The van der Waals surface area contributed by atoms with Crippen LogP contribution in [0.1, 0.15) is 33.3 Å². The van der Waals surface area contributed by atoms with Crippen LogP contribution in [-0.2, 0) is 9.31 Å². The Morgan fingerprint density at radius 1 is 1.21 bits per heavy atom. The molecule has 0 aliphatic carbocycles. The number of aromatic nitrogens is 2. The van der Waals surface area contributed by atoms with Crippen LogP contribution >= 0.6 is 0 Å². The van der Waals surface area contributed by atoms with E-state index in [2.05, 4.69) is 9.97 Å². The van der Waals surface area contributed by atoms with Crippen LogP contribution in [0.15, 0.2) is 30.0 Å². The zero-order valence-corrected chi connectivity index (χ0v) is 14.4. The monoisotopic (exact) mass is 327 g/mol. The van der Waals surface area contributed by atoms with E-state index in [0.29, 0.717) is 11.3 Å². The van der Waals surface area contributed by atoms with Crippen molar-refractivity contribution in [1.29, 1.82) is 0 Å². The Hall–Kier alpha value is -1.96. The SMILES string of the molecule is CC1(C)OB(C(=Cc2ccc3ncnc(N)c3c2)CO)OC1(C)C. The molecule has 1 aliphatic rings. The van der Waals surface area contributed by atoms with E-state index >= 15 is 0 Å². The number of nitrogens with zero attached hydrogens (tertiary/aromatic N) is 2. The molecule has 0 bridgehead atoms. The summed E-state index contributed by atoms with van der Waals surface area (Å²) >= 11 is 0. The Kier molecular flexibility index (Phi) is 4.11. The average Bonchev–Trinajstić information content (AvgIpc) is 2.73. The third-order valence-corrected chi connectivity index (χ3v) is 4.78. The van der Waals surface area contributed by atoms with Gasteiger partial charge in [-0.3, -0.25) is 0 Å². The maximum atomic E-state index is 9.78. The van der Waals surface area contributed by atoms with Gasteiger partial charge < -0.3 is 20.1 Å². The van der Waals surface area contributed by atoms with E-state index in [0.717, 1.165) is 16.5 Å². The van der Waals surface area contributed by atoms with Gasteiger partial charge in [0.1, 0.15) is 12.1 Å². The molecule has 0 radical (unpaired) electrons. The van der Waals surface area contributed by atoms with Crippen molar-refractivity contribution < 1.29 is 14.4 Å². The number of hydrogen-bond donors (Lipinski definition) is 2. The van der Waals surface area contributed by atoms with Gasteiger partial charge in [-0.05, 0) is 50.9 Å². The lowest BCUT2D eigenvalue weighted by molar-refractivity contribution is 0.00578. The van der Waals surface area contributed by atoms with Crippen molar-refractivity contribution in [1.82, 2.24) is 9.97 Å². The highest BCUT2D eigenvalue weighted by molar-refractivity contribution is 6.55. The van der Waals surface area contributed by atoms with Crippen LogP contribution in [0.5, 0.6) is 0 Å². The van der Waals surface area contributed by atoms with Crippen LogP contribution in [0.25, 0.3) is 17.0 Å². The summed E-state index contributed by atoms with van der Waals surface area (Å²) in [6.07, 6.45) is 3.30. The van der Waals surface area contributed by atoms with Gasteiger partial charge in [-0.1, -0.05) is 12.1 Å². The van der Waals surface area contributed by atoms with Gasteiger partial charge >= 0.3 is 7.12 Å². The summed E-state index contributed by atoms with van der Waals surface area (Å²) in [7, 11) is -0.583. The summed E-state index contributed by atoms with van der Waals surface area (Å²) in [6.45, 7) is 7.77. The predicted octanol–water partition coefficient (Wildman–Crippen LogP) is 2.22. The highest BCUT2D eigenvalue weighted by Gasteiger charge is 2.52. The molecule has 2 aromatic rings. The molecule has 0 unspecified atom stereocenters. The molecule has 24 heavy (non-hydrogen) atoms. The van der Waals surface area contributed by atoms with Gasteiger partial charge in [-0.15, -0.1) is 0 Å². The van der Waals surface area contributed by atoms with E-state index in [1.807, 2.05) is 52.0 Å². The normalized spacial score (nSPS) is 19.9. The Balaban J connectivity index is 1.96. The summed E-state index contributed by atoms with van der Waals surface area (Å²) in [6, 6.07) is 5.68. The highest BCUT2D eigenvalue weighted by atomic mass is 16.7. The minimum Gasteiger partial charge on any atom is -0.400 e. The second-order valence-corrected chi connectivity index (χ2v) is 7.00. The third-order valence-electron chi connectivity index (χ3n) is 4.78. The molecule has 1 aromatic carbocycles. The van der Waals surface area contributed by atoms with E-state index in [1.54, 1.807) is 0 Å². The lowest BCUT2D eigenvalue weighted by atomic mass is 9.77. The van der Waals surface area contributed by atoms with Gasteiger partial charge in [-0.25, -0.2) is 9.97 Å². The van der Waals surface area contributed by atoms with Crippen molar-refractivity contribution in [3.63, 3.8) is 0 Å². The number of rotatable bonds is 3. The molecule has 1 aromatic heterocycles. The van der Waals surface area contributed by atoms with Crippen molar-refractivity contribution in [2.24, 2.45) is 0 Å². The number of aliphatic hydroxyl groups is 1. The quantitative estimate of drug-likeness (QED) is 0.840. The fraction of sp³-hybridized carbons (Fsp3) is 0.412. The fourth-order valence-electron chi connectivity index (χ4n) is 2.58. The van der Waals surface area contributed by atoms with Crippen molar-refractivity contribution in [2.75, 3.05) is 12.3 Å². The lowest BCUT2D eigenvalue weighted by Gasteiger charge is -2.32. The molecule has 0 amide bonds. The smallest absolute Gasteiger partial charge is 0.400 e. The molecule has 3 N–H and O–H groups in total. The molecule has 0 atom stereocenters. The van der Waals surface area contributed by atoms with Gasteiger partial charge in [0.25, 0.3) is 0 Å². The first-order chi connectivity index (χ1) is 11.2. The van der Waals surface area contributed by atoms with Crippen molar-refractivity contribution in [3.8, 4) is 0 Å². The van der Waals surface area contributed by atoms with Crippen LogP contribution in [0, 0.1) is 0 Å². The number of hydrogen-bond acceptors (Lipinski definition) is 6. The van der Waals surface area contributed by atoms with Gasteiger partial charge in [0, 0.05) is 5.39 Å². The van der Waals surface area contributed by atoms with Crippen molar-refractivity contribution >= 4 is 29.9 Å². The molecule has 0 spiro atoms. The number of aliphatic hydroxyl groups excluding tert-OH is 1. The summed E-state index contributed by atoms with van der Waals surface area (Å²) < 4.78 is 12.0. The number of benzene rings is 1. The summed E-state index contributed by atoms with van der Waals surface area (Å²) in [5.41, 5.74) is 7.32. The largest absolute Gasteiger partial charge is 0.492 e. The molecule has 3 rings (SSSR count). The highest BCUT2D eigenvalue weighted by Crippen LogP contribution is 2.38. The van der Waals surface area contributed by atoms with E-state index in [9.17, 15) is 5.11 Å². The van der Waals surface area contributed by atoms with Crippen LogP contribution in [0.2, 0.25) is 0 Å². The molecular weight excluding hydrogens is 305 g/mol. The topological polar surface area (TPSA) is 90.5 Å². The molecule has 1 fully saturated rings. The number of anilines is 1. The number of nitrogen functional groups attached to an aromatic ring is 1. The molecule has 126 valence electrons. The molecule has 6 nitrogen and oxygen atoms in total. The minimum absolute atomic E-state index is 0.157. The molecule has 2 heterocycles. The zero-order valence-electron chi connectivity index (χ0n) is 14.4. The van der Waals surface area contributed by atoms with Gasteiger partial charge in [-0.2, -0.15) is 0 Å². The first kappa shape index (κ1) is 16.9. The van der Waals surface area contributed by atoms with E-state index in [-0.39, 0.29) is 6.61 Å². The number of fused-ring (bicyclic) bond motifs is 1. The maximum absolute atomic E-state index is 9.78. The molecule has 0 saturated carbocycles. The summed E-state index contributed by atoms with van der Waals surface area (Å²) in [5.74, 6) is 0.427. The van der Waals surface area contributed by atoms with Crippen LogP contribution < -0.4 is 5.73 Å². The lowest BCUT2D eigenvalue weighted by Crippen LogP contribution is -2.41. The summed E-state index contributed by atoms with van der Waals surface area (Å²) in [5, 5.41) is 10.6. The Morgan fingerprint density at radius 3 is 2.50 bits per heavy atom. The second-order valence-electron chi connectivity index (χ2n) is 7.00. The molecule has 1 saturated heterocycles. The number of nitrogens with two attached hydrogens (primary N) is 1.